The van der Waals surface area contributed by atoms with E-state index in [-0.39, 0.29) is 5.97 Å². The summed E-state index contributed by atoms with van der Waals surface area (Å²) in [5.41, 5.74) is 5.38. The first kappa shape index (κ1) is 16.8. The average Bonchev–Trinajstić information content (AvgIpc) is 3.20. The summed E-state index contributed by atoms with van der Waals surface area (Å²) < 4.78 is 6.71. The molecule has 0 aliphatic carbocycles. The Balaban J connectivity index is 1.83. The molecule has 1 heterocycles. The molecule has 0 unspecified atom stereocenters. The fraction of sp³-hybridized carbons (Fsp3) is 0.0435. The number of para-hydroxylation sites is 1. The summed E-state index contributed by atoms with van der Waals surface area (Å²) >= 11 is 0. The van der Waals surface area contributed by atoms with Crippen LogP contribution >= 0.6 is 0 Å². The quantitative estimate of drug-likeness (QED) is 0.485. The third-order valence-corrected chi connectivity index (χ3v) is 4.38. The second-order valence-corrected chi connectivity index (χ2v) is 6.10. The van der Waals surface area contributed by atoms with Crippen LogP contribution in [0.2, 0.25) is 0 Å². The summed E-state index contributed by atoms with van der Waals surface area (Å²) in [5.74, 6) is -0.344. The minimum Gasteiger partial charge on any atom is -0.465 e. The number of aromatic nitrogens is 2. The Bertz CT molecular complexity index is 1050. The summed E-state index contributed by atoms with van der Waals surface area (Å²) in [7, 11) is 1.38. The zero-order chi connectivity index (χ0) is 18.6. The molecule has 0 fully saturated rings. The molecule has 132 valence electrons. The molecular formula is C23H18N2O2. The largest absolute Gasteiger partial charge is 0.465 e. The number of benzene rings is 3. The number of esters is 1. The fourth-order valence-electron chi connectivity index (χ4n) is 3.00. The van der Waals surface area contributed by atoms with E-state index < -0.39 is 0 Å². The van der Waals surface area contributed by atoms with Crippen LogP contribution in [-0.4, -0.2) is 22.9 Å². The standard InChI is InChI=1S/C23H18N2O2/c1-27-23(26)19-14-12-18(13-15-19)22-16-21(17-8-4-2-5-9-17)24-25(22)20-10-6-3-7-11-20/h2-16H,1H3. The highest BCUT2D eigenvalue weighted by Gasteiger charge is 2.14. The highest BCUT2D eigenvalue weighted by molar-refractivity contribution is 5.90. The molecule has 27 heavy (non-hydrogen) atoms. The van der Waals surface area contributed by atoms with Crippen molar-refractivity contribution in [3.8, 4) is 28.2 Å². The molecule has 4 rings (SSSR count). The minimum absolute atomic E-state index is 0.344. The lowest BCUT2D eigenvalue weighted by Gasteiger charge is -2.08. The maximum absolute atomic E-state index is 11.7. The zero-order valence-corrected chi connectivity index (χ0v) is 14.9. The number of nitrogens with zero attached hydrogens (tertiary/aromatic N) is 2. The molecule has 1 aromatic heterocycles. The van der Waals surface area contributed by atoms with Gasteiger partial charge < -0.3 is 4.74 Å². The Morgan fingerprint density at radius 3 is 2.07 bits per heavy atom. The number of hydrogen-bond acceptors (Lipinski definition) is 3. The van der Waals surface area contributed by atoms with E-state index in [1.54, 1.807) is 12.1 Å². The maximum atomic E-state index is 11.7. The van der Waals surface area contributed by atoms with Gasteiger partial charge in [0.1, 0.15) is 0 Å². The molecule has 3 aromatic carbocycles. The van der Waals surface area contributed by atoms with Gasteiger partial charge in [-0.2, -0.15) is 5.10 Å². The minimum atomic E-state index is -0.344. The Hall–Kier alpha value is -3.66. The topological polar surface area (TPSA) is 44.1 Å². The van der Waals surface area contributed by atoms with E-state index in [0.29, 0.717) is 5.56 Å². The van der Waals surface area contributed by atoms with Gasteiger partial charge in [-0.3, -0.25) is 0 Å². The molecule has 4 heteroatoms. The number of methoxy groups -OCH3 is 1. The molecule has 4 aromatic rings. The van der Waals surface area contributed by atoms with Crippen LogP contribution in [-0.2, 0) is 4.74 Å². The molecule has 0 N–H and O–H groups in total. The van der Waals surface area contributed by atoms with Crippen LogP contribution in [0, 0.1) is 0 Å². The van der Waals surface area contributed by atoms with Gasteiger partial charge in [-0.25, -0.2) is 9.48 Å². The zero-order valence-electron chi connectivity index (χ0n) is 14.9. The van der Waals surface area contributed by atoms with Crippen molar-refractivity contribution < 1.29 is 9.53 Å². The molecule has 0 atom stereocenters. The number of carbonyl (C=O) groups is 1. The average molecular weight is 354 g/mol. The first-order valence-corrected chi connectivity index (χ1v) is 8.66. The van der Waals surface area contributed by atoms with Gasteiger partial charge in [-0.05, 0) is 30.3 Å². The Labute approximate surface area is 157 Å². The lowest BCUT2D eigenvalue weighted by atomic mass is 10.1. The van der Waals surface area contributed by atoms with Gasteiger partial charge in [0.15, 0.2) is 0 Å². The van der Waals surface area contributed by atoms with Crippen molar-refractivity contribution in [2.75, 3.05) is 7.11 Å². The smallest absolute Gasteiger partial charge is 0.337 e. The molecular weight excluding hydrogens is 336 g/mol. The van der Waals surface area contributed by atoms with Crippen molar-refractivity contribution in [1.29, 1.82) is 0 Å². The Morgan fingerprint density at radius 1 is 0.815 bits per heavy atom. The summed E-state index contributed by atoms with van der Waals surface area (Å²) in [6.07, 6.45) is 0. The van der Waals surface area contributed by atoms with Crippen molar-refractivity contribution in [2.24, 2.45) is 0 Å². The van der Waals surface area contributed by atoms with Crippen LogP contribution in [0.25, 0.3) is 28.2 Å². The maximum Gasteiger partial charge on any atom is 0.337 e. The van der Waals surface area contributed by atoms with Gasteiger partial charge in [0.2, 0.25) is 0 Å². The number of hydrogen-bond donors (Lipinski definition) is 0. The van der Waals surface area contributed by atoms with Gasteiger partial charge in [-0.1, -0.05) is 60.7 Å². The van der Waals surface area contributed by atoms with Gasteiger partial charge in [0, 0.05) is 11.1 Å². The predicted octanol–water partition coefficient (Wildman–Crippen LogP) is 4.99. The van der Waals surface area contributed by atoms with E-state index in [2.05, 4.69) is 6.07 Å². The lowest BCUT2D eigenvalue weighted by Crippen LogP contribution is -2.01. The molecule has 0 amide bonds. The summed E-state index contributed by atoms with van der Waals surface area (Å²) in [6.45, 7) is 0. The van der Waals surface area contributed by atoms with Crippen molar-refractivity contribution in [2.45, 2.75) is 0 Å². The highest BCUT2D eigenvalue weighted by Crippen LogP contribution is 2.29. The van der Waals surface area contributed by atoms with E-state index in [4.69, 9.17) is 9.84 Å². The fourth-order valence-corrected chi connectivity index (χ4v) is 3.00. The first-order chi connectivity index (χ1) is 13.3. The first-order valence-electron chi connectivity index (χ1n) is 8.66. The van der Waals surface area contributed by atoms with Crippen LogP contribution in [0.15, 0.2) is 91.0 Å². The number of carbonyl (C=O) groups excluding carboxylic acids is 1. The van der Waals surface area contributed by atoms with Crippen molar-refractivity contribution in [1.82, 2.24) is 9.78 Å². The summed E-state index contributed by atoms with van der Waals surface area (Å²) in [4.78, 5) is 11.7. The molecule has 0 aliphatic rings. The molecule has 0 aliphatic heterocycles. The monoisotopic (exact) mass is 354 g/mol. The van der Waals surface area contributed by atoms with Gasteiger partial charge in [0.25, 0.3) is 0 Å². The normalized spacial score (nSPS) is 10.6. The van der Waals surface area contributed by atoms with Crippen LogP contribution in [0.3, 0.4) is 0 Å². The SMILES string of the molecule is COC(=O)c1ccc(-c2cc(-c3ccccc3)nn2-c2ccccc2)cc1. The van der Waals surface area contributed by atoms with Crippen LogP contribution < -0.4 is 0 Å². The van der Waals surface area contributed by atoms with Gasteiger partial charge in [0.05, 0.1) is 29.7 Å². The van der Waals surface area contributed by atoms with Crippen molar-refractivity contribution >= 4 is 5.97 Å². The van der Waals surface area contributed by atoms with E-state index in [0.717, 1.165) is 28.2 Å². The van der Waals surface area contributed by atoms with E-state index in [9.17, 15) is 4.79 Å². The summed E-state index contributed by atoms with van der Waals surface area (Å²) in [5, 5.41) is 4.83. The Kier molecular flexibility index (Phi) is 4.54. The molecule has 0 saturated carbocycles. The number of rotatable bonds is 4. The Morgan fingerprint density at radius 2 is 1.44 bits per heavy atom. The van der Waals surface area contributed by atoms with E-state index >= 15 is 0 Å². The van der Waals surface area contributed by atoms with Crippen LogP contribution in [0.1, 0.15) is 10.4 Å². The van der Waals surface area contributed by atoms with E-state index in [1.807, 2.05) is 77.5 Å². The highest BCUT2D eigenvalue weighted by atomic mass is 16.5. The van der Waals surface area contributed by atoms with Gasteiger partial charge >= 0.3 is 5.97 Å². The molecule has 0 spiro atoms. The third-order valence-electron chi connectivity index (χ3n) is 4.38. The second-order valence-electron chi connectivity index (χ2n) is 6.10. The van der Waals surface area contributed by atoms with Crippen LogP contribution in [0.4, 0.5) is 0 Å². The van der Waals surface area contributed by atoms with Crippen molar-refractivity contribution in [3.05, 3.63) is 96.6 Å². The van der Waals surface area contributed by atoms with E-state index in [1.165, 1.54) is 7.11 Å². The van der Waals surface area contributed by atoms with Gasteiger partial charge in [-0.15, -0.1) is 0 Å². The third kappa shape index (κ3) is 3.37. The summed E-state index contributed by atoms with van der Waals surface area (Å²) in [6, 6.07) is 29.5. The predicted molar refractivity (Wildman–Crippen MR) is 106 cm³/mol. The molecule has 0 saturated heterocycles. The van der Waals surface area contributed by atoms with Crippen molar-refractivity contribution in [3.63, 3.8) is 0 Å². The second kappa shape index (κ2) is 7.30. The number of ether oxygens (including phenoxy) is 1. The lowest BCUT2D eigenvalue weighted by molar-refractivity contribution is 0.0601. The molecule has 4 nitrogen and oxygen atoms in total. The van der Waals surface area contributed by atoms with Crippen LogP contribution in [0.5, 0.6) is 0 Å². The molecule has 0 radical (unpaired) electrons. The molecule has 0 bridgehead atoms.